The van der Waals surface area contributed by atoms with Gasteiger partial charge in [-0.3, -0.25) is 0 Å². The molecule has 2 nitrogen and oxygen atoms in total. The molecule has 0 spiro atoms. The third-order valence-corrected chi connectivity index (χ3v) is 13.7. The van der Waals surface area contributed by atoms with E-state index in [2.05, 4.69) is 221 Å². The SMILES string of the molecule is CC1(C)c2ccccc2-c2ccc(N(c3ccc4c(c3)C(C)(C)c3ccccc3-4)c3cccc4c3-c3cccc(-c5ccccc5)c3-c3cc5ccccc5cc3O4)cc21. The number of benzene rings is 9. The maximum absolute atomic E-state index is 7.22. The Morgan fingerprint density at radius 3 is 1.52 bits per heavy atom. The number of hydrogen-bond donors (Lipinski definition) is 0. The van der Waals surface area contributed by atoms with Gasteiger partial charge in [-0.05, 0) is 121 Å². The molecular formula is C58H43NO. The summed E-state index contributed by atoms with van der Waals surface area (Å²) in [4.78, 5) is 2.49. The van der Waals surface area contributed by atoms with Gasteiger partial charge in [0.2, 0.25) is 0 Å². The molecule has 9 aromatic rings. The van der Waals surface area contributed by atoms with E-state index in [0.717, 1.165) is 50.6 Å². The van der Waals surface area contributed by atoms with E-state index in [-0.39, 0.29) is 10.8 Å². The Balaban J connectivity index is 1.15. The van der Waals surface area contributed by atoms with Crippen LogP contribution in [0.15, 0.2) is 188 Å². The molecule has 0 saturated heterocycles. The second kappa shape index (κ2) is 12.7. The molecule has 0 fully saturated rings. The molecule has 2 heteroatoms. The van der Waals surface area contributed by atoms with Gasteiger partial charge in [-0.2, -0.15) is 0 Å². The molecule has 1 heterocycles. The van der Waals surface area contributed by atoms with Crippen molar-refractivity contribution in [1.82, 2.24) is 0 Å². The van der Waals surface area contributed by atoms with Crippen molar-refractivity contribution in [3.05, 3.63) is 210 Å². The minimum Gasteiger partial charge on any atom is -0.456 e. The summed E-state index contributed by atoms with van der Waals surface area (Å²) in [5, 5.41) is 2.34. The number of hydrogen-bond acceptors (Lipinski definition) is 2. The first-order valence-electron chi connectivity index (χ1n) is 21.1. The van der Waals surface area contributed by atoms with E-state index in [1.807, 2.05) is 0 Å². The maximum Gasteiger partial charge on any atom is 0.137 e. The van der Waals surface area contributed by atoms with Crippen molar-refractivity contribution >= 4 is 27.8 Å². The van der Waals surface area contributed by atoms with E-state index in [0.29, 0.717) is 0 Å². The van der Waals surface area contributed by atoms with Crippen LogP contribution in [-0.4, -0.2) is 0 Å². The van der Waals surface area contributed by atoms with Gasteiger partial charge in [0.1, 0.15) is 11.5 Å². The fourth-order valence-electron chi connectivity index (χ4n) is 10.7. The number of fused-ring (bicyclic) bond motifs is 12. The molecule has 0 unspecified atom stereocenters. The van der Waals surface area contributed by atoms with Gasteiger partial charge in [0.15, 0.2) is 0 Å². The van der Waals surface area contributed by atoms with Crippen LogP contribution in [-0.2, 0) is 10.8 Å². The molecule has 1 aliphatic heterocycles. The number of nitrogens with zero attached hydrogens (tertiary/aromatic N) is 1. The minimum absolute atomic E-state index is 0.160. The molecule has 0 N–H and O–H groups in total. The number of anilines is 3. The molecule has 0 bridgehead atoms. The van der Waals surface area contributed by atoms with Gasteiger partial charge in [-0.1, -0.05) is 167 Å². The molecule has 286 valence electrons. The van der Waals surface area contributed by atoms with Crippen LogP contribution >= 0.6 is 0 Å². The quantitative estimate of drug-likeness (QED) is 0.177. The Labute approximate surface area is 352 Å². The smallest absolute Gasteiger partial charge is 0.137 e. The second-order valence-corrected chi connectivity index (χ2v) is 17.7. The zero-order chi connectivity index (χ0) is 40.3. The fraction of sp³-hybridized carbons (Fsp3) is 0.103. The van der Waals surface area contributed by atoms with Gasteiger partial charge in [-0.25, -0.2) is 0 Å². The first-order chi connectivity index (χ1) is 29.3. The molecule has 3 aliphatic rings. The highest BCUT2D eigenvalue weighted by Gasteiger charge is 2.38. The van der Waals surface area contributed by atoms with Gasteiger partial charge in [0.25, 0.3) is 0 Å². The van der Waals surface area contributed by atoms with Crippen LogP contribution in [0.1, 0.15) is 49.9 Å². The molecule has 0 amide bonds. The van der Waals surface area contributed by atoms with Crippen LogP contribution < -0.4 is 9.64 Å². The lowest BCUT2D eigenvalue weighted by Gasteiger charge is -2.31. The lowest BCUT2D eigenvalue weighted by atomic mass is 9.82. The summed E-state index contributed by atoms with van der Waals surface area (Å²) in [6.45, 7) is 9.47. The van der Waals surface area contributed by atoms with E-state index in [1.165, 1.54) is 66.6 Å². The molecular weight excluding hydrogens is 727 g/mol. The summed E-state index contributed by atoms with van der Waals surface area (Å²) < 4.78 is 7.22. The Morgan fingerprint density at radius 1 is 0.350 bits per heavy atom. The van der Waals surface area contributed by atoms with Crippen LogP contribution in [0, 0.1) is 0 Å². The Hall–Kier alpha value is -7.16. The predicted octanol–water partition coefficient (Wildman–Crippen LogP) is 16.0. The molecule has 0 radical (unpaired) electrons. The van der Waals surface area contributed by atoms with Crippen molar-refractivity contribution in [1.29, 1.82) is 0 Å². The summed E-state index contributed by atoms with van der Waals surface area (Å²) >= 11 is 0. The third-order valence-electron chi connectivity index (χ3n) is 13.7. The van der Waals surface area contributed by atoms with Crippen molar-refractivity contribution in [3.8, 4) is 67.1 Å². The van der Waals surface area contributed by atoms with Crippen molar-refractivity contribution in [3.63, 3.8) is 0 Å². The van der Waals surface area contributed by atoms with Crippen molar-refractivity contribution in [2.45, 2.75) is 38.5 Å². The summed E-state index contributed by atoms with van der Waals surface area (Å²) in [5.41, 5.74) is 20.5. The molecule has 9 aromatic carbocycles. The lowest BCUT2D eigenvalue weighted by Crippen LogP contribution is -2.18. The Kier molecular flexibility index (Phi) is 7.36. The zero-order valence-electron chi connectivity index (χ0n) is 34.3. The predicted molar refractivity (Wildman–Crippen MR) is 250 cm³/mol. The first-order valence-corrected chi connectivity index (χ1v) is 21.1. The van der Waals surface area contributed by atoms with E-state index < -0.39 is 0 Å². The van der Waals surface area contributed by atoms with Crippen LogP contribution in [0.25, 0.3) is 66.4 Å². The van der Waals surface area contributed by atoms with Gasteiger partial charge < -0.3 is 9.64 Å². The summed E-state index contributed by atoms with van der Waals surface area (Å²) in [6, 6.07) is 69.3. The van der Waals surface area contributed by atoms with E-state index in [9.17, 15) is 0 Å². The van der Waals surface area contributed by atoms with Crippen molar-refractivity contribution in [2.75, 3.05) is 4.90 Å². The second-order valence-electron chi connectivity index (χ2n) is 17.7. The van der Waals surface area contributed by atoms with Gasteiger partial charge in [-0.15, -0.1) is 0 Å². The maximum atomic E-state index is 7.22. The Bertz CT molecular complexity index is 3140. The minimum atomic E-state index is -0.160. The van der Waals surface area contributed by atoms with Crippen molar-refractivity contribution < 1.29 is 4.74 Å². The third kappa shape index (κ3) is 4.94. The van der Waals surface area contributed by atoms with E-state index in [1.54, 1.807) is 0 Å². The van der Waals surface area contributed by atoms with Gasteiger partial charge in [0.05, 0.1) is 5.69 Å². The largest absolute Gasteiger partial charge is 0.456 e. The topological polar surface area (TPSA) is 12.5 Å². The lowest BCUT2D eigenvalue weighted by molar-refractivity contribution is 0.488. The molecule has 2 aliphatic carbocycles. The Morgan fingerprint density at radius 2 is 0.867 bits per heavy atom. The zero-order valence-corrected chi connectivity index (χ0v) is 34.3. The van der Waals surface area contributed by atoms with Crippen LogP contribution in [0.4, 0.5) is 17.1 Å². The van der Waals surface area contributed by atoms with Gasteiger partial charge >= 0.3 is 0 Å². The van der Waals surface area contributed by atoms with Crippen LogP contribution in [0.5, 0.6) is 11.5 Å². The summed E-state index contributed by atoms with van der Waals surface area (Å²) in [5.74, 6) is 1.69. The van der Waals surface area contributed by atoms with Gasteiger partial charge in [0, 0.05) is 38.9 Å². The molecule has 60 heavy (non-hydrogen) atoms. The monoisotopic (exact) mass is 769 g/mol. The summed E-state index contributed by atoms with van der Waals surface area (Å²) in [7, 11) is 0. The molecule has 12 rings (SSSR count). The summed E-state index contributed by atoms with van der Waals surface area (Å²) in [6.07, 6.45) is 0. The van der Waals surface area contributed by atoms with Crippen molar-refractivity contribution in [2.24, 2.45) is 0 Å². The number of ether oxygens (including phenoxy) is 1. The molecule has 0 atom stereocenters. The molecule has 0 aromatic heterocycles. The van der Waals surface area contributed by atoms with Crippen LogP contribution in [0.2, 0.25) is 0 Å². The van der Waals surface area contributed by atoms with Crippen LogP contribution in [0.3, 0.4) is 0 Å². The average Bonchev–Trinajstić information content (AvgIpc) is 3.58. The highest BCUT2D eigenvalue weighted by Crippen LogP contribution is 2.58. The fourth-order valence-corrected chi connectivity index (χ4v) is 10.7. The number of rotatable bonds is 4. The highest BCUT2D eigenvalue weighted by atomic mass is 16.5. The first kappa shape index (κ1) is 34.8. The normalized spacial score (nSPS) is 14.4. The van der Waals surface area contributed by atoms with E-state index >= 15 is 0 Å². The highest BCUT2D eigenvalue weighted by molar-refractivity contribution is 6.06. The average molecular weight is 770 g/mol. The van der Waals surface area contributed by atoms with E-state index in [4.69, 9.17) is 4.74 Å². The molecule has 0 saturated carbocycles. The standard InChI is InChI=1S/C58H43NO/c1-57(2)48-24-12-10-20-42(48)44-30-28-39(34-50(44)57)59(40-29-31-45-43-21-11-13-25-49(43)58(3,4)51(45)35-40)52-26-15-27-53-56(52)46-23-14-22-41(36-16-6-5-7-17-36)55(46)47-32-37-18-8-9-19-38(37)33-54(47)60-53/h5-35H,1-4H3.